The number of carbonyl (C=O) groups excluding carboxylic acids is 2. The van der Waals surface area contributed by atoms with E-state index in [0.29, 0.717) is 38.5 Å². The number of Topliss-reactive ketones (excluding diaryl/α,β-unsaturated/α-hetero) is 2. The number of sulfone groups is 2. The first-order chi connectivity index (χ1) is 23.7. The number of rotatable bonds is 0. The Bertz CT molecular complexity index is 1680. The molecule has 0 aromatic rings. The minimum absolute atomic E-state index is 0.0943. The molecule has 5 saturated heterocycles. The molecule has 18 unspecified atom stereocenters. The average Bonchev–Trinajstić information content (AvgIpc) is 3.00. The highest BCUT2D eigenvalue weighted by atomic mass is 32.2. The number of hydrogen-bond donors (Lipinski definition) is 0. The van der Waals surface area contributed by atoms with E-state index in [4.69, 9.17) is 0 Å². The Morgan fingerprint density at radius 1 is 0.423 bits per heavy atom. The lowest BCUT2D eigenvalue weighted by Gasteiger charge is -2.77. The summed E-state index contributed by atoms with van der Waals surface area (Å²) in [6, 6.07) is -2.38. The van der Waals surface area contributed by atoms with Crippen LogP contribution in [0, 0.1) is 69.0 Å². The summed E-state index contributed by atoms with van der Waals surface area (Å²) in [6.45, 7) is 26.2. The van der Waals surface area contributed by atoms with Crippen molar-refractivity contribution in [3.8, 4) is 0 Å². The van der Waals surface area contributed by atoms with E-state index in [2.05, 4.69) is 92.9 Å². The van der Waals surface area contributed by atoms with E-state index in [1.54, 1.807) is 0 Å². The Morgan fingerprint density at radius 2 is 0.731 bits per heavy atom. The zero-order chi connectivity index (χ0) is 37.9. The second kappa shape index (κ2) is 10.6. The molecule has 5 heterocycles. The molecule has 0 aromatic heterocycles. The lowest BCUT2D eigenvalue weighted by molar-refractivity contribution is -0.233. The molecular weight excluding hydrogens is 693 g/mol. The van der Waals surface area contributed by atoms with Crippen molar-refractivity contribution in [3.63, 3.8) is 0 Å². The van der Waals surface area contributed by atoms with Gasteiger partial charge < -0.3 is 0 Å². The maximum Gasteiger partial charge on any atom is 0.159 e. The third kappa shape index (κ3) is 4.50. The molecule has 9 rings (SSSR count). The predicted molar refractivity (Wildman–Crippen MR) is 203 cm³/mol. The van der Waals surface area contributed by atoms with Gasteiger partial charge in [0.25, 0.3) is 0 Å². The SMILES string of the molecule is CC(C)(C)C1CC2C(=O)C3C4C5C(CC3C(C)(C)C)S(=O)(=O)C3CC(C(C)(C)C)CC6C(=O)C7C(C8C(CC7C(C)(C)C)S(=O)(=O)C(C1)C2N48)N5C63. The van der Waals surface area contributed by atoms with Crippen molar-refractivity contribution in [2.75, 3.05) is 0 Å². The van der Waals surface area contributed by atoms with Crippen LogP contribution in [-0.2, 0) is 29.3 Å². The standard InChI is InChI=1S/C42H66N2O6S2/c1-39(2,3)19-13-21-31-25(15-19)51(47,48)27-17-24(42(10,11)12)30-36-33(27)43(31)35-29(37(21)45)23(41(7,8)9)18-28-34(35)44(36)32-22(38(30)46)14-20(40(4,5)6)16-26(32)52(28,49)50/h19-36H,13-18H2,1-12H3. The minimum Gasteiger partial charge on any atom is -0.299 e. The fourth-order valence-electron chi connectivity index (χ4n) is 15.1. The van der Waals surface area contributed by atoms with E-state index < -0.39 is 76.7 Å². The van der Waals surface area contributed by atoms with Crippen LogP contribution >= 0.6 is 0 Å². The number of ketones is 2. The van der Waals surface area contributed by atoms with Crippen molar-refractivity contribution in [1.29, 1.82) is 0 Å². The van der Waals surface area contributed by atoms with Gasteiger partial charge in [0, 0.05) is 59.9 Å². The summed E-state index contributed by atoms with van der Waals surface area (Å²) in [6.07, 6.45) is 3.38. The van der Waals surface area contributed by atoms with Crippen LogP contribution in [0.1, 0.15) is 122 Å². The molecule has 8 nitrogen and oxygen atoms in total. The lowest BCUT2D eigenvalue weighted by atomic mass is 9.49. The number of piperazine rings is 1. The van der Waals surface area contributed by atoms with Crippen LogP contribution in [0.25, 0.3) is 0 Å². The molecule has 0 radical (unpaired) electrons. The predicted octanol–water partition coefficient (Wildman–Crippen LogP) is 5.82. The van der Waals surface area contributed by atoms with Crippen LogP contribution in [0.5, 0.6) is 0 Å². The molecule has 9 aliphatic rings. The molecule has 10 heteroatoms. The molecule has 9 fully saturated rings. The van der Waals surface area contributed by atoms with Crippen molar-refractivity contribution in [2.45, 2.75) is 179 Å². The van der Waals surface area contributed by atoms with E-state index in [0.717, 1.165) is 0 Å². The monoisotopic (exact) mass is 758 g/mol. The summed E-state index contributed by atoms with van der Waals surface area (Å²) in [5, 5.41) is -2.56. The molecule has 4 aliphatic carbocycles. The van der Waals surface area contributed by atoms with E-state index >= 15 is 26.4 Å². The molecule has 0 aromatic carbocycles. The number of piperidine rings is 2. The topological polar surface area (TPSA) is 109 Å². The molecule has 0 spiro atoms. The van der Waals surface area contributed by atoms with Crippen molar-refractivity contribution in [1.82, 2.24) is 9.80 Å². The number of hydrogen-bond acceptors (Lipinski definition) is 8. The molecule has 0 bridgehead atoms. The molecule has 0 amide bonds. The van der Waals surface area contributed by atoms with Gasteiger partial charge in [-0.1, -0.05) is 83.1 Å². The highest BCUT2D eigenvalue weighted by molar-refractivity contribution is 7.93. The summed E-state index contributed by atoms with van der Waals surface area (Å²) in [5.41, 5.74) is -0.924. The Morgan fingerprint density at radius 3 is 1.02 bits per heavy atom. The fourth-order valence-corrected chi connectivity index (χ4v) is 20.7. The maximum absolute atomic E-state index is 15.5. The smallest absolute Gasteiger partial charge is 0.159 e. The second-order valence-electron chi connectivity index (χ2n) is 23.7. The van der Waals surface area contributed by atoms with Gasteiger partial charge in [0.1, 0.15) is 11.6 Å². The third-order valence-corrected chi connectivity index (χ3v) is 22.8. The van der Waals surface area contributed by atoms with Gasteiger partial charge in [0.15, 0.2) is 19.7 Å². The van der Waals surface area contributed by atoms with E-state index in [1.807, 2.05) is 0 Å². The van der Waals surface area contributed by atoms with E-state index in [1.165, 1.54) is 0 Å². The lowest BCUT2D eigenvalue weighted by Crippen LogP contribution is -2.93. The first kappa shape index (κ1) is 36.8. The Labute approximate surface area is 314 Å². The molecule has 52 heavy (non-hydrogen) atoms. The quantitative estimate of drug-likeness (QED) is 0.304. The van der Waals surface area contributed by atoms with Crippen LogP contribution < -0.4 is 0 Å². The van der Waals surface area contributed by atoms with Crippen molar-refractivity contribution in [2.24, 2.45) is 69.0 Å². The fraction of sp³-hybridized carbons (Fsp3) is 0.952. The van der Waals surface area contributed by atoms with Crippen LogP contribution in [0.3, 0.4) is 0 Å². The third-order valence-electron chi connectivity index (χ3n) is 17.5. The molecular formula is C42H66N2O6S2. The van der Waals surface area contributed by atoms with E-state index in [9.17, 15) is 0 Å². The Hall–Kier alpha value is -0.840. The van der Waals surface area contributed by atoms with Gasteiger partial charge in [-0.25, -0.2) is 16.8 Å². The van der Waals surface area contributed by atoms with Gasteiger partial charge in [-0.3, -0.25) is 19.4 Å². The highest BCUT2D eigenvalue weighted by Gasteiger charge is 2.80. The summed E-state index contributed by atoms with van der Waals surface area (Å²) in [7, 11) is -7.41. The largest absolute Gasteiger partial charge is 0.299 e. The normalized spacial score (nSPS) is 51.9. The number of carbonyl (C=O) groups is 2. The zero-order valence-corrected chi connectivity index (χ0v) is 35.4. The Balaban J connectivity index is 1.33. The molecule has 292 valence electrons. The number of nitrogens with zero attached hydrogens (tertiary/aromatic N) is 2. The minimum atomic E-state index is -3.71. The molecule has 18 atom stereocenters. The van der Waals surface area contributed by atoms with Crippen molar-refractivity contribution < 1.29 is 26.4 Å². The van der Waals surface area contributed by atoms with Gasteiger partial charge >= 0.3 is 0 Å². The summed E-state index contributed by atoms with van der Waals surface area (Å²) in [5.74, 6) is -1.16. The van der Waals surface area contributed by atoms with Gasteiger partial charge in [0.2, 0.25) is 0 Å². The summed E-state index contributed by atoms with van der Waals surface area (Å²) < 4.78 is 61.9. The van der Waals surface area contributed by atoms with Gasteiger partial charge in [-0.05, 0) is 83.9 Å². The average molecular weight is 759 g/mol. The van der Waals surface area contributed by atoms with Crippen LogP contribution in [0.15, 0.2) is 0 Å². The van der Waals surface area contributed by atoms with Gasteiger partial charge in [-0.15, -0.1) is 0 Å². The first-order valence-corrected chi connectivity index (χ1v) is 24.0. The first-order valence-electron chi connectivity index (χ1n) is 20.8. The zero-order valence-electron chi connectivity index (χ0n) is 33.8. The molecule has 0 N–H and O–H groups in total. The summed E-state index contributed by atoms with van der Waals surface area (Å²) in [4.78, 5) is 36.0. The molecule has 4 saturated carbocycles. The van der Waals surface area contributed by atoms with Gasteiger partial charge in [-0.2, -0.15) is 0 Å². The van der Waals surface area contributed by atoms with Gasteiger partial charge in [0.05, 0.1) is 21.0 Å². The van der Waals surface area contributed by atoms with Crippen molar-refractivity contribution >= 4 is 31.2 Å². The van der Waals surface area contributed by atoms with Crippen LogP contribution in [0.2, 0.25) is 0 Å². The highest BCUT2D eigenvalue weighted by Crippen LogP contribution is 2.67. The summed E-state index contributed by atoms with van der Waals surface area (Å²) >= 11 is 0. The maximum atomic E-state index is 15.5. The van der Waals surface area contributed by atoms with Crippen molar-refractivity contribution in [3.05, 3.63) is 0 Å². The second-order valence-corrected chi connectivity index (χ2v) is 28.5. The van der Waals surface area contributed by atoms with E-state index in [-0.39, 0.29) is 80.8 Å². The van der Waals surface area contributed by atoms with Crippen LogP contribution in [-0.4, -0.2) is 95.5 Å². The van der Waals surface area contributed by atoms with Crippen LogP contribution in [0.4, 0.5) is 0 Å². The Kier molecular flexibility index (Phi) is 7.47. The molecule has 5 aliphatic heterocycles.